The molecule has 0 unspecified atom stereocenters. The van der Waals surface area contributed by atoms with Crippen LogP contribution in [0.2, 0.25) is 0 Å². The smallest absolute Gasteiger partial charge is 0.251 e. The molecule has 0 saturated carbocycles. The average molecular weight is 281 g/mol. The molecule has 1 aromatic carbocycles. The van der Waals surface area contributed by atoms with E-state index in [1.165, 1.54) is 0 Å². The fourth-order valence-corrected chi connectivity index (χ4v) is 2.10. The minimum atomic E-state index is -0.0784. The van der Waals surface area contributed by atoms with E-state index in [1.807, 2.05) is 44.2 Å². The molecule has 3 rings (SSSR count). The van der Waals surface area contributed by atoms with Gasteiger partial charge in [0, 0.05) is 17.8 Å². The molecule has 2 heterocycles. The first-order chi connectivity index (χ1) is 10.1. The fraction of sp³-hybridized carbons (Fsp3) is 0.188. The summed E-state index contributed by atoms with van der Waals surface area (Å²) in [5, 5.41) is 3.97. The Kier molecular flexibility index (Phi) is 3.39. The highest BCUT2D eigenvalue weighted by Gasteiger charge is 2.09. The van der Waals surface area contributed by atoms with Crippen LogP contribution in [0.5, 0.6) is 0 Å². The van der Waals surface area contributed by atoms with Crippen LogP contribution < -0.4 is 5.56 Å². The molecule has 0 aliphatic heterocycles. The van der Waals surface area contributed by atoms with Gasteiger partial charge in [-0.25, -0.2) is 0 Å². The lowest BCUT2D eigenvalue weighted by atomic mass is 10.1. The highest BCUT2D eigenvalue weighted by molar-refractivity contribution is 5.55. The van der Waals surface area contributed by atoms with Crippen molar-refractivity contribution in [3.63, 3.8) is 0 Å². The molecular formula is C16H15N3O2. The Hall–Kier alpha value is -2.69. The van der Waals surface area contributed by atoms with Crippen LogP contribution in [0.4, 0.5) is 0 Å². The number of nitrogens with zero attached hydrogens (tertiary/aromatic N) is 3. The molecule has 5 nitrogen and oxygen atoms in total. The van der Waals surface area contributed by atoms with E-state index < -0.39 is 0 Å². The van der Waals surface area contributed by atoms with Crippen molar-refractivity contribution in [1.82, 2.24) is 14.7 Å². The first kappa shape index (κ1) is 13.3. The molecular weight excluding hydrogens is 266 g/mol. The molecule has 0 atom stereocenters. The van der Waals surface area contributed by atoms with Gasteiger partial charge in [-0.05, 0) is 31.5 Å². The van der Waals surface area contributed by atoms with Gasteiger partial charge in [0.15, 0.2) is 0 Å². The summed E-state index contributed by atoms with van der Waals surface area (Å²) >= 11 is 0. The van der Waals surface area contributed by atoms with Gasteiger partial charge >= 0.3 is 0 Å². The average Bonchev–Trinajstić information content (AvgIpc) is 2.91. The van der Waals surface area contributed by atoms with Crippen molar-refractivity contribution in [2.24, 2.45) is 0 Å². The molecule has 0 radical (unpaired) electrons. The van der Waals surface area contributed by atoms with E-state index in [9.17, 15) is 4.79 Å². The summed E-state index contributed by atoms with van der Waals surface area (Å²) in [6.45, 7) is 4.17. The molecule has 106 valence electrons. The van der Waals surface area contributed by atoms with E-state index in [1.54, 1.807) is 16.8 Å². The molecule has 0 N–H and O–H groups in total. The van der Waals surface area contributed by atoms with Crippen LogP contribution in [0.25, 0.3) is 11.4 Å². The second-order valence-electron chi connectivity index (χ2n) is 5.05. The standard InChI is InChI=1S/C16H15N3O2/c1-11-4-3-5-13(8-11)16-17-14(21-18-16)10-19-7-6-12(2)9-15(19)20/h3-9H,10H2,1-2H3. The largest absolute Gasteiger partial charge is 0.337 e. The van der Waals surface area contributed by atoms with Crippen LogP contribution in [0.1, 0.15) is 17.0 Å². The number of pyridine rings is 1. The monoisotopic (exact) mass is 281 g/mol. The van der Waals surface area contributed by atoms with Crippen molar-refractivity contribution in [2.45, 2.75) is 20.4 Å². The minimum absolute atomic E-state index is 0.0784. The molecule has 0 bridgehead atoms. The maximum Gasteiger partial charge on any atom is 0.251 e. The Bertz CT molecular complexity index is 833. The van der Waals surface area contributed by atoms with Crippen LogP contribution >= 0.6 is 0 Å². The quantitative estimate of drug-likeness (QED) is 0.740. The highest BCUT2D eigenvalue weighted by atomic mass is 16.5. The van der Waals surface area contributed by atoms with Crippen LogP contribution in [0.15, 0.2) is 51.9 Å². The van der Waals surface area contributed by atoms with Gasteiger partial charge < -0.3 is 9.09 Å². The van der Waals surface area contributed by atoms with Crippen LogP contribution in [0, 0.1) is 13.8 Å². The molecule has 0 amide bonds. The zero-order chi connectivity index (χ0) is 14.8. The van der Waals surface area contributed by atoms with E-state index in [2.05, 4.69) is 10.1 Å². The van der Waals surface area contributed by atoms with Gasteiger partial charge in [0.05, 0.1) is 0 Å². The van der Waals surface area contributed by atoms with Crippen molar-refractivity contribution >= 4 is 0 Å². The number of rotatable bonds is 3. The Morgan fingerprint density at radius 2 is 1.95 bits per heavy atom. The molecule has 5 heteroatoms. The zero-order valence-corrected chi connectivity index (χ0v) is 11.9. The predicted molar refractivity (Wildman–Crippen MR) is 79.0 cm³/mol. The van der Waals surface area contributed by atoms with Crippen LogP contribution in [-0.2, 0) is 6.54 Å². The van der Waals surface area contributed by atoms with E-state index >= 15 is 0 Å². The number of aromatic nitrogens is 3. The third-order valence-corrected chi connectivity index (χ3v) is 3.20. The first-order valence-corrected chi connectivity index (χ1v) is 6.68. The molecule has 21 heavy (non-hydrogen) atoms. The Balaban J connectivity index is 1.87. The summed E-state index contributed by atoms with van der Waals surface area (Å²) in [4.78, 5) is 16.2. The van der Waals surface area contributed by atoms with Crippen molar-refractivity contribution in [3.05, 3.63) is 70.0 Å². The summed E-state index contributed by atoms with van der Waals surface area (Å²) < 4.78 is 6.77. The van der Waals surface area contributed by atoms with E-state index in [0.29, 0.717) is 11.7 Å². The topological polar surface area (TPSA) is 60.9 Å². The molecule has 3 aromatic rings. The Labute approximate surface area is 121 Å². The second kappa shape index (κ2) is 5.36. The lowest BCUT2D eigenvalue weighted by Crippen LogP contribution is -2.19. The normalized spacial score (nSPS) is 10.8. The van der Waals surface area contributed by atoms with Gasteiger partial charge in [-0.2, -0.15) is 4.98 Å². The van der Waals surface area contributed by atoms with E-state index in [4.69, 9.17) is 4.52 Å². The van der Waals surface area contributed by atoms with Crippen molar-refractivity contribution < 1.29 is 4.52 Å². The van der Waals surface area contributed by atoms with Crippen LogP contribution in [-0.4, -0.2) is 14.7 Å². The molecule has 0 saturated heterocycles. The molecule has 0 aliphatic carbocycles. The van der Waals surface area contributed by atoms with Crippen molar-refractivity contribution in [1.29, 1.82) is 0 Å². The number of benzene rings is 1. The maximum absolute atomic E-state index is 11.8. The molecule has 0 spiro atoms. The maximum atomic E-state index is 11.8. The minimum Gasteiger partial charge on any atom is -0.337 e. The molecule has 2 aromatic heterocycles. The van der Waals surface area contributed by atoms with Gasteiger partial charge in [0.1, 0.15) is 6.54 Å². The Morgan fingerprint density at radius 3 is 2.71 bits per heavy atom. The second-order valence-corrected chi connectivity index (χ2v) is 5.05. The lowest BCUT2D eigenvalue weighted by molar-refractivity contribution is 0.370. The van der Waals surface area contributed by atoms with Crippen LogP contribution in [0.3, 0.4) is 0 Å². The summed E-state index contributed by atoms with van der Waals surface area (Å²) in [5.74, 6) is 0.950. The van der Waals surface area contributed by atoms with Crippen molar-refractivity contribution in [2.75, 3.05) is 0 Å². The van der Waals surface area contributed by atoms with E-state index in [-0.39, 0.29) is 12.1 Å². The number of aryl methyl sites for hydroxylation is 2. The van der Waals surface area contributed by atoms with Crippen molar-refractivity contribution in [3.8, 4) is 11.4 Å². The molecule has 0 fully saturated rings. The van der Waals surface area contributed by atoms with Gasteiger partial charge in [-0.15, -0.1) is 0 Å². The summed E-state index contributed by atoms with van der Waals surface area (Å²) in [6, 6.07) is 11.3. The summed E-state index contributed by atoms with van der Waals surface area (Å²) in [7, 11) is 0. The molecule has 0 aliphatic rings. The SMILES string of the molecule is Cc1cccc(-c2noc(Cn3ccc(C)cc3=O)n2)c1. The van der Waals surface area contributed by atoms with Gasteiger partial charge in [-0.1, -0.05) is 28.9 Å². The summed E-state index contributed by atoms with van der Waals surface area (Å²) in [5.41, 5.74) is 2.89. The highest BCUT2D eigenvalue weighted by Crippen LogP contribution is 2.17. The third kappa shape index (κ3) is 2.91. The number of hydrogen-bond donors (Lipinski definition) is 0. The Morgan fingerprint density at radius 1 is 1.14 bits per heavy atom. The van der Waals surface area contributed by atoms with Gasteiger partial charge in [0.25, 0.3) is 5.56 Å². The predicted octanol–water partition coefficient (Wildman–Crippen LogP) is 2.56. The summed E-state index contributed by atoms with van der Waals surface area (Å²) in [6.07, 6.45) is 1.73. The van der Waals surface area contributed by atoms with E-state index in [0.717, 1.165) is 16.7 Å². The fourth-order valence-electron chi connectivity index (χ4n) is 2.10. The number of hydrogen-bond acceptors (Lipinski definition) is 4. The third-order valence-electron chi connectivity index (χ3n) is 3.20. The van der Waals surface area contributed by atoms with Gasteiger partial charge in [-0.3, -0.25) is 4.79 Å². The zero-order valence-electron chi connectivity index (χ0n) is 11.9. The lowest BCUT2D eigenvalue weighted by Gasteiger charge is -2.01. The van der Waals surface area contributed by atoms with Gasteiger partial charge in [0.2, 0.25) is 11.7 Å². The first-order valence-electron chi connectivity index (χ1n) is 6.68.